The van der Waals surface area contributed by atoms with Crippen molar-refractivity contribution in [3.05, 3.63) is 17.2 Å². The van der Waals surface area contributed by atoms with Crippen LogP contribution in [0.4, 0.5) is 13.2 Å². The molecule has 0 aliphatic heterocycles. The lowest BCUT2D eigenvalue weighted by Crippen LogP contribution is -2.19. The third-order valence-electron chi connectivity index (χ3n) is 1.54. The molecule has 5 nitrogen and oxygen atoms in total. The Morgan fingerprint density at radius 1 is 1.40 bits per heavy atom. The Balaban J connectivity index is 3.54. The maximum Gasteiger partial charge on any atom is 0.417 e. The first-order valence-electron chi connectivity index (χ1n) is 3.53. The van der Waals surface area contributed by atoms with E-state index in [2.05, 4.69) is 10.7 Å². The highest BCUT2D eigenvalue weighted by atomic mass is 19.4. The summed E-state index contributed by atoms with van der Waals surface area (Å²) in [4.78, 5) is 13.5. The summed E-state index contributed by atoms with van der Waals surface area (Å²) in [5.74, 6) is -3.79. The van der Waals surface area contributed by atoms with Gasteiger partial charge in [0.05, 0.1) is 5.56 Å². The third kappa shape index (κ3) is 2.09. The fourth-order valence-corrected chi connectivity index (χ4v) is 0.985. The van der Waals surface area contributed by atoms with Crippen LogP contribution in [0.5, 0.6) is 11.8 Å². The van der Waals surface area contributed by atoms with Gasteiger partial charge in [-0.2, -0.15) is 18.2 Å². The molecule has 1 aromatic heterocycles. The van der Waals surface area contributed by atoms with E-state index in [1.165, 1.54) is 0 Å². The third-order valence-corrected chi connectivity index (χ3v) is 1.54. The van der Waals surface area contributed by atoms with E-state index in [0.717, 1.165) is 0 Å². The van der Waals surface area contributed by atoms with Crippen LogP contribution in [0.1, 0.15) is 15.9 Å². The Kier molecular flexibility index (Phi) is 2.44. The number of rotatable bonds is 1. The first-order valence-corrected chi connectivity index (χ1v) is 3.53. The SMILES string of the molecule is NC(=O)c1c(C(F)(F)F)cc(O)nc1O. The molecule has 1 heterocycles. The minimum atomic E-state index is -4.91. The lowest BCUT2D eigenvalue weighted by molar-refractivity contribution is -0.138. The summed E-state index contributed by atoms with van der Waals surface area (Å²) in [6.45, 7) is 0. The summed E-state index contributed by atoms with van der Waals surface area (Å²) in [5, 5.41) is 17.7. The Bertz CT molecular complexity index is 417. The highest BCUT2D eigenvalue weighted by Crippen LogP contribution is 2.36. The maximum absolute atomic E-state index is 12.3. The van der Waals surface area contributed by atoms with Gasteiger partial charge in [0, 0.05) is 6.07 Å². The summed E-state index contributed by atoms with van der Waals surface area (Å²) in [6, 6.07) is 0.208. The number of nitrogens with two attached hydrogens (primary N) is 1. The molecule has 0 bridgehead atoms. The van der Waals surface area contributed by atoms with Crippen molar-refractivity contribution in [1.82, 2.24) is 4.98 Å². The first-order chi connectivity index (χ1) is 6.73. The molecule has 0 aliphatic rings. The maximum atomic E-state index is 12.3. The van der Waals surface area contributed by atoms with Crippen LogP contribution in [-0.4, -0.2) is 21.1 Å². The molecule has 0 spiro atoms. The summed E-state index contributed by atoms with van der Waals surface area (Å²) in [5.41, 5.74) is 1.95. The van der Waals surface area contributed by atoms with E-state index in [1.807, 2.05) is 0 Å². The number of carbonyl (C=O) groups is 1. The van der Waals surface area contributed by atoms with Gasteiger partial charge in [0.25, 0.3) is 5.91 Å². The van der Waals surface area contributed by atoms with Crippen molar-refractivity contribution >= 4 is 5.91 Å². The zero-order chi connectivity index (χ0) is 11.8. The molecule has 0 aromatic carbocycles. The molecular formula is C7H5F3N2O3. The highest BCUT2D eigenvalue weighted by Gasteiger charge is 2.37. The number of aromatic hydroxyl groups is 2. The van der Waals surface area contributed by atoms with Gasteiger partial charge in [-0.3, -0.25) is 4.79 Å². The van der Waals surface area contributed by atoms with Crippen molar-refractivity contribution in [3.8, 4) is 11.8 Å². The average Bonchev–Trinajstić information content (AvgIpc) is 1.99. The van der Waals surface area contributed by atoms with Gasteiger partial charge >= 0.3 is 6.18 Å². The van der Waals surface area contributed by atoms with Gasteiger partial charge in [0.1, 0.15) is 5.56 Å². The summed E-state index contributed by atoms with van der Waals surface area (Å²) in [6.07, 6.45) is -4.91. The van der Waals surface area contributed by atoms with Gasteiger partial charge in [-0.1, -0.05) is 0 Å². The Labute approximate surface area is 81.0 Å². The molecule has 0 fully saturated rings. The minimum Gasteiger partial charge on any atom is -0.493 e. The molecule has 0 saturated heterocycles. The van der Waals surface area contributed by atoms with Crippen LogP contribution < -0.4 is 5.73 Å². The van der Waals surface area contributed by atoms with Crippen LogP contribution in [0, 0.1) is 0 Å². The monoisotopic (exact) mass is 222 g/mol. The van der Waals surface area contributed by atoms with E-state index in [1.54, 1.807) is 0 Å². The van der Waals surface area contributed by atoms with E-state index < -0.39 is 35.0 Å². The summed E-state index contributed by atoms with van der Waals surface area (Å²) >= 11 is 0. The molecule has 0 unspecified atom stereocenters. The zero-order valence-corrected chi connectivity index (χ0v) is 7.04. The van der Waals surface area contributed by atoms with Gasteiger partial charge in [0.2, 0.25) is 11.8 Å². The molecule has 1 rings (SSSR count). The standard InChI is InChI=1S/C7H5F3N2O3/c8-7(9,10)2-1-3(13)12-6(15)4(2)5(11)14/h1H,(H2,11,14)(H2,12,13,15). The van der Waals surface area contributed by atoms with Gasteiger partial charge in [-0.05, 0) is 0 Å². The van der Waals surface area contributed by atoms with Crippen molar-refractivity contribution in [3.63, 3.8) is 0 Å². The predicted octanol–water partition coefficient (Wildman–Crippen LogP) is 0.611. The molecule has 0 radical (unpaired) electrons. The molecule has 15 heavy (non-hydrogen) atoms. The zero-order valence-electron chi connectivity index (χ0n) is 7.04. The number of carbonyl (C=O) groups excluding carboxylic acids is 1. The van der Waals surface area contributed by atoms with Crippen molar-refractivity contribution in [2.24, 2.45) is 5.73 Å². The molecule has 1 amide bonds. The fourth-order valence-electron chi connectivity index (χ4n) is 0.985. The minimum absolute atomic E-state index is 0.208. The van der Waals surface area contributed by atoms with E-state index in [0.29, 0.717) is 0 Å². The van der Waals surface area contributed by atoms with Crippen LogP contribution in [0.15, 0.2) is 6.07 Å². The first kappa shape index (κ1) is 11.1. The summed E-state index contributed by atoms with van der Waals surface area (Å²) in [7, 11) is 0. The molecule has 1 aromatic rings. The Hall–Kier alpha value is -1.99. The second-order valence-electron chi connectivity index (χ2n) is 2.59. The van der Waals surface area contributed by atoms with Crippen LogP contribution in [0.25, 0.3) is 0 Å². The molecule has 8 heteroatoms. The molecule has 0 saturated carbocycles. The van der Waals surface area contributed by atoms with Crippen molar-refractivity contribution in [2.45, 2.75) is 6.18 Å². The normalized spacial score (nSPS) is 11.4. The predicted molar refractivity (Wildman–Crippen MR) is 41.1 cm³/mol. The second kappa shape index (κ2) is 3.30. The van der Waals surface area contributed by atoms with E-state index in [4.69, 9.17) is 10.2 Å². The number of hydrogen-bond donors (Lipinski definition) is 3. The molecule has 4 N–H and O–H groups in total. The number of amides is 1. The number of halogens is 3. The quantitative estimate of drug-likeness (QED) is 0.648. The number of aromatic nitrogens is 1. The Morgan fingerprint density at radius 3 is 2.33 bits per heavy atom. The van der Waals surface area contributed by atoms with E-state index in [9.17, 15) is 18.0 Å². The number of nitrogens with zero attached hydrogens (tertiary/aromatic N) is 1. The van der Waals surface area contributed by atoms with Gasteiger partial charge in [0.15, 0.2) is 0 Å². The van der Waals surface area contributed by atoms with Crippen molar-refractivity contribution in [2.75, 3.05) is 0 Å². The number of primary amides is 1. The summed E-state index contributed by atoms with van der Waals surface area (Å²) < 4.78 is 36.9. The smallest absolute Gasteiger partial charge is 0.417 e. The largest absolute Gasteiger partial charge is 0.493 e. The second-order valence-corrected chi connectivity index (χ2v) is 2.59. The molecule has 82 valence electrons. The molecule has 0 atom stereocenters. The van der Waals surface area contributed by atoms with E-state index >= 15 is 0 Å². The lowest BCUT2D eigenvalue weighted by Gasteiger charge is -2.11. The van der Waals surface area contributed by atoms with Gasteiger partial charge < -0.3 is 15.9 Å². The highest BCUT2D eigenvalue weighted by molar-refractivity contribution is 5.96. The van der Waals surface area contributed by atoms with Crippen LogP contribution in [0.2, 0.25) is 0 Å². The fraction of sp³-hybridized carbons (Fsp3) is 0.143. The molecule has 0 aliphatic carbocycles. The van der Waals surface area contributed by atoms with E-state index in [-0.39, 0.29) is 6.07 Å². The molecular weight excluding hydrogens is 217 g/mol. The van der Waals surface area contributed by atoms with Gasteiger partial charge in [-0.25, -0.2) is 0 Å². The van der Waals surface area contributed by atoms with Crippen molar-refractivity contribution < 1.29 is 28.2 Å². The number of pyridine rings is 1. The topological polar surface area (TPSA) is 96.4 Å². The van der Waals surface area contributed by atoms with Gasteiger partial charge in [-0.15, -0.1) is 0 Å². The van der Waals surface area contributed by atoms with Crippen LogP contribution in [0.3, 0.4) is 0 Å². The Morgan fingerprint density at radius 2 is 1.93 bits per heavy atom. The van der Waals surface area contributed by atoms with Crippen LogP contribution in [-0.2, 0) is 6.18 Å². The average molecular weight is 222 g/mol. The number of hydrogen-bond acceptors (Lipinski definition) is 4. The lowest BCUT2D eigenvalue weighted by atomic mass is 10.1. The van der Waals surface area contributed by atoms with Crippen molar-refractivity contribution in [1.29, 1.82) is 0 Å². The number of alkyl halides is 3. The van der Waals surface area contributed by atoms with Crippen LogP contribution >= 0.6 is 0 Å².